The summed E-state index contributed by atoms with van der Waals surface area (Å²) in [5.74, 6) is 0.301. The van der Waals surface area contributed by atoms with Crippen LogP contribution in [0.4, 0.5) is 11.4 Å². The monoisotopic (exact) mass is 268 g/mol. The third-order valence-corrected chi connectivity index (χ3v) is 2.96. The Hall–Kier alpha value is -1.22. The maximum absolute atomic E-state index is 11.4. The lowest BCUT2D eigenvalue weighted by Crippen LogP contribution is -2.30. The molecule has 0 spiro atoms. The van der Waals surface area contributed by atoms with Gasteiger partial charge in [-0.05, 0) is 45.0 Å². The number of hydrogen-bond donors (Lipinski definition) is 1. The Morgan fingerprint density at radius 3 is 2.39 bits per heavy atom. The Morgan fingerprint density at radius 1 is 1.33 bits per heavy atom. The lowest BCUT2D eigenvalue weighted by molar-refractivity contribution is -0.115. The maximum Gasteiger partial charge on any atom is 0.225 e. The highest BCUT2D eigenvalue weighted by Crippen LogP contribution is 2.19. The van der Waals surface area contributed by atoms with Crippen LogP contribution in [0.25, 0.3) is 0 Å². The van der Waals surface area contributed by atoms with Gasteiger partial charge in [0.05, 0.1) is 0 Å². The predicted molar refractivity (Wildman–Crippen MR) is 78.6 cm³/mol. The van der Waals surface area contributed by atoms with Gasteiger partial charge >= 0.3 is 0 Å². The number of nitrogens with zero attached hydrogens (tertiary/aromatic N) is 1. The van der Waals surface area contributed by atoms with Crippen LogP contribution in [0.1, 0.15) is 27.2 Å². The van der Waals surface area contributed by atoms with Crippen molar-refractivity contribution in [3.05, 3.63) is 24.3 Å². The molecule has 0 bridgehead atoms. The number of halogens is 1. The Morgan fingerprint density at radius 2 is 1.94 bits per heavy atom. The van der Waals surface area contributed by atoms with Gasteiger partial charge in [-0.15, -0.1) is 11.6 Å². The summed E-state index contributed by atoms with van der Waals surface area (Å²) in [7, 11) is 0. The molecule has 0 unspecified atom stereocenters. The van der Waals surface area contributed by atoms with Gasteiger partial charge in [-0.25, -0.2) is 0 Å². The van der Waals surface area contributed by atoms with Crippen LogP contribution in [0.2, 0.25) is 0 Å². The van der Waals surface area contributed by atoms with Crippen molar-refractivity contribution in [1.82, 2.24) is 0 Å². The summed E-state index contributed by atoms with van der Waals surface area (Å²) in [5.41, 5.74) is 1.98. The van der Waals surface area contributed by atoms with Gasteiger partial charge in [0, 0.05) is 36.3 Å². The van der Waals surface area contributed by atoms with Crippen LogP contribution in [0.5, 0.6) is 0 Å². The highest BCUT2D eigenvalue weighted by molar-refractivity contribution is 6.19. The molecule has 0 fully saturated rings. The molecule has 18 heavy (non-hydrogen) atoms. The number of hydrogen-bond acceptors (Lipinski definition) is 2. The minimum absolute atomic E-state index is 0.0473. The molecule has 100 valence electrons. The number of rotatable bonds is 6. The molecule has 0 saturated carbocycles. The number of alkyl halides is 1. The molecule has 1 aromatic rings. The van der Waals surface area contributed by atoms with E-state index in [2.05, 4.69) is 31.0 Å². The molecule has 1 amide bonds. The predicted octanol–water partition coefficient (Wildman–Crippen LogP) is 3.49. The smallest absolute Gasteiger partial charge is 0.225 e. The molecule has 0 aliphatic heterocycles. The van der Waals surface area contributed by atoms with Crippen molar-refractivity contribution in [2.24, 2.45) is 0 Å². The quantitative estimate of drug-likeness (QED) is 0.801. The summed E-state index contributed by atoms with van der Waals surface area (Å²) >= 11 is 5.52. The molecular formula is C14H21ClN2O. The van der Waals surface area contributed by atoms with E-state index in [9.17, 15) is 4.79 Å². The van der Waals surface area contributed by atoms with Crippen molar-refractivity contribution in [1.29, 1.82) is 0 Å². The van der Waals surface area contributed by atoms with Gasteiger partial charge < -0.3 is 10.2 Å². The molecule has 0 heterocycles. The molecule has 1 rings (SSSR count). The fraction of sp³-hybridized carbons (Fsp3) is 0.500. The van der Waals surface area contributed by atoms with Crippen LogP contribution in [-0.2, 0) is 4.79 Å². The Balaban J connectivity index is 2.70. The minimum atomic E-state index is -0.0473. The van der Waals surface area contributed by atoms with E-state index in [0.717, 1.165) is 12.2 Å². The second-order valence-corrected chi connectivity index (χ2v) is 4.79. The van der Waals surface area contributed by atoms with E-state index in [4.69, 9.17) is 11.6 Å². The van der Waals surface area contributed by atoms with Crippen molar-refractivity contribution in [3.8, 4) is 0 Å². The highest BCUT2D eigenvalue weighted by atomic mass is 35.5. The number of amides is 1. The Labute approximate surface area is 114 Å². The summed E-state index contributed by atoms with van der Waals surface area (Å²) < 4.78 is 0. The minimum Gasteiger partial charge on any atom is -0.369 e. The van der Waals surface area contributed by atoms with Gasteiger partial charge in [0.15, 0.2) is 0 Å². The zero-order chi connectivity index (χ0) is 13.5. The summed E-state index contributed by atoms with van der Waals surface area (Å²) in [6, 6.07) is 8.37. The fourth-order valence-corrected chi connectivity index (χ4v) is 2.06. The molecule has 0 aliphatic carbocycles. The van der Waals surface area contributed by atoms with Crippen LogP contribution in [0, 0.1) is 0 Å². The summed E-state index contributed by atoms with van der Waals surface area (Å²) in [6.45, 7) is 7.44. The molecule has 4 heteroatoms. The molecule has 0 atom stereocenters. The standard InChI is InChI=1S/C14H21ClN2O/c1-4-17(11(2)3)13-7-5-12(6-8-13)16-14(18)9-10-15/h5-8,11H,4,9-10H2,1-3H3,(H,16,18). The fourth-order valence-electron chi connectivity index (χ4n) is 1.89. The first-order valence-corrected chi connectivity index (χ1v) is 6.84. The van der Waals surface area contributed by atoms with Crippen LogP contribution in [0.3, 0.4) is 0 Å². The van der Waals surface area contributed by atoms with Gasteiger partial charge in [0.25, 0.3) is 0 Å². The largest absolute Gasteiger partial charge is 0.369 e. The first kappa shape index (κ1) is 14.8. The second kappa shape index (κ2) is 7.27. The zero-order valence-electron chi connectivity index (χ0n) is 11.2. The van der Waals surface area contributed by atoms with E-state index in [-0.39, 0.29) is 5.91 Å². The molecule has 0 saturated heterocycles. The van der Waals surface area contributed by atoms with Gasteiger partial charge in [-0.3, -0.25) is 4.79 Å². The van der Waals surface area contributed by atoms with Crippen LogP contribution in [0.15, 0.2) is 24.3 Å². The second-order valence-electron chi connectivity index (χ2n) is 4.41. The normalized spacial score (nSPS) is 10.5. The first-order valence-electron chi connectivity index (χ1n) is 6.31. The van der Waals surface area contributed by atoms with E-state index in [1.807, 2.05) is 24.3 Å². The SMILES string of the molecule is CCN(c1ccc(NC(=O)CCCl)cc1)C(C)C. The maximum atomic E-state index is 11.4. The topological polar surface area (TPSA) is 32.3 Å². The summed E-state index contributed by atoms with van der Waals surface area (Å²) in [4.78, 5) is 13.7. The molecule has 1 N–H and O–H groups in total. The van der Waals surface area contributed by atoms with Crippen LogP contribution in [-0.4, -0.2) is 24.4 Å². The first-order chi connectivity index (χ1) is 8.58. The van der Waals surface area contributed by atoms with E-state index in [0.29, 0.717) is 18.3 Å². The molecule has 0 aliphatic rings. The van der Waals surface area contributed by atoms with Gasteiger partial charge in [-0.1, -0.05) is 0 Å². The molecular weight excluding hydrogens is 248 g/mol. The van der Waals surface area contributed by atoms with E-state index >= 15 is 0 Å². The highest BCUT2D eigenvalue weighted by Gasteiger charge is 2.08. The number of anilines is 2. The molecule has 3 nitrogen and oxygen atoms in total. The number of carbonyl (C=O) groups excluding carboxylic acids is 1. The van der Waals surface area contributed by atoms with Gasteiger partial charge in [-0.2, -0.15) is 0 Å². The average Bonchev–Trinajstić information content (AvgIpc) is 2.32. The lowest BCUT2D eigenvalue weighted by atomic mass is 10.2. The zero-order valence-corrected chi connectivity index (χ0v) is 12.0. The lowest BCUT2D eigenvalue weighted by Gasteiger charge is -2.27. The average molecular weight is 269 g/mol. The van der Waals surface area contributed by atoms with E-state index in [1.54, 1.807) is 0 Å². The Bertz CT molecular complexity index is 376. The number of carbonyl (C=O) groups is 1. The Kier molecular flexibility index (Phi) is 5.99. The number of benzene rings is 1. The summed E-state index contributed by atoms with van der Waals surface area (Å²) in [6.07, 6.45) is 0.344. The van der Waals surface area contributed by atoms with Gasteiger partial charge in [0.2, 0.25) is 5.91 Å². The number of nitrogens with one attached hydrogen (secondary N) is 1. The van der Waals surface area contributed by atoms with Crippen LogP contribution < -0.4 is 10.2 Å². The van der Waals surface area contributed by atoms with Crippen molar-refractivity contribution in [2.45, 2.75) is 33.2 Å². The third-order valence-electron chi connectivity index (χ3n) is 2.77. The van der Waals surface area contributed by atoms with Crippen molar-refractivity contribution < 1.29 is 4.79 Å². The molecule has 0 aromatic heterocycles. The van der Waals surface area contributed by atoms with Crippen LogP contribution >= 0.6 is 11.6 Å². The van der Waals surface area contributed by atoms with E-state index in [1.165, 1.54) is 5.69 Å². The van der Waals surface area contributed by atoms with Crippen molar-refractivity contribution >= 4 is 28.9 Å². The van der Waals surface area contributed by atoms with Crippen molar-refractivity contribution in [2.75, 3.05) is 22.6 Å². The summed E-state index contributed by atoms with van der Waals surface area (Å²) in [5, 5.41) is 2.81. The van der Waals surface area contributed by atoms with E-state index < -0.39 is 0 Å². The molecule has 1 aromatic carbocycles. The molecule has 0 radical (unpaired) electrons. The van der Waals surface area contributed by atoms with Crippen molar-refractivity contribution in [3.63, 3.8) is 0 Å². The third kappa shape index (κ3) is 4.22. The van der Waals surface area contributed by atoms with Gasteiger partial charge in [0.1, 0.15) is 0 Å².